The number of benzene rings is 2. The minimum absolute atomic E-state index is 0.205. The van der Waals surface area contributed by atoms with E-state index in [0.717, 1.165) is 15.8 Å². The predicted molar refractivity (Wildman–Crippen MR) is 99.1 cm³/mol. The van der Waals surface area contributed by atoms with E-state index in [0.29, 0.717) is 22.3 Å². The van der Waals surface area contributed by atoms with Crippen LogP contribution >= 0.6 is 22.9 Å². The van der Waals surface area contributed by atoms with Gasteiger partial charge in [0.1, 0.15) is 5.75 Å². The summed E-state index contributed by atoms with van der Waals surface area (Å²) >= 11 is 7.37. The highest BCUT2D eigenvalue weighted by Crippen LogP contribution is 2.28. The lowest BCUT2D eigenvalue weighted by atomic mass is 10.2. The highest BCUT2D eigenvalue weighted by atomic mass is 35.5. The number of halogens is 1. The first kappa shape index (κ1) is 16.7. The van der Waals surface area contributed by atoms with Crippen molar-refractivity contribution in [2.24, 2.45) is 0 Å². The lowest BCUT2D eigenvalue weighted by Gasteiger charge is -2.16. The van der Waals surface area contributed by atoms with Gasteiger partial charge < -0.3 is 4.74 Å². The van der Waals surface area contributed by atoms with Gasteiger partial charge in [-0.3, -0.25) is 10.1 Å². The van der Waals surface area contributed by atoms with Gasteiger partial charge in [0.15, 0.2) is 11.2 Å². The van der Waals surface area contributed by atoms with Crippen molar-refractivity contribution >= 4 is 44.2 Å². The molecule has 4 nitrogen and oxygen atoms in total. The summed E-state index contributed by atoms with van der Waals surface area (Å²) < 4.78 is 6.72. The summed E-state index contributed by atoms with van der Waals surface area (Å²) in [6.07, 6.45) is -0.000477. The van der Waals surface area contributed by atoms with Crippen molar-refractivity contribution in [3.63, 3.8) is 0 Å². The molecular weight excluding hydrogens is 344 g/mol. The average molecular weight is 361 g/mol. The molecule has 0 fully saturated rings. The van der Waals surface area contributed by atoms with Crippen molar-refractivity contribution < 1.29 is 9.53 Å². The van der Waals surface area contributed by atoms with E-state index in [2.05, 4.69) is 10.3 Å². The number of aromatic nitrogens is 1. The number of ether oxygens (including phenoxy) is 1. The minimum Gasteiger partial charge on any atom is -0.481 e. The van der Waals surface area contributed by atoms with Crippen molar-refractivity contribution in [3.05, 3.63) is 53.1 Å². The smallest absolute Gasteiger partial charge is 0.267 e. The Hall–Kier alpha value is -2.11. The Labute approximate surface area is 149 Å². The zero-order valence-electron chi connectivity index (χ0n) is 13.4. The molecule has 0 saturated heterocycles. The molecule has 1 N–H and O–H groups in total. The van der Waals surface area contributed by atoms with Gasteiger partial charge in [-0.15, -0.1) is 0 Å². The number of anilines is 1. The minimum atomic E-state index is -0.566. The summed E-state index contributed by atoms with van der Waals surface area (Å²) in [7, 11) is 0. The fraction of sp³-hybridized carbons (Fsp3) is 0.222. The van der Waals surface area contributed by atoms with Crippen LogP contribution in [0.5, 0.6) is 5.75 Å². The molecule has 1 heterocycles. The Kier molecular flexibility index (Phi) is 5.02. The number of nitrogens with zero attached hydrogens (tertiary/aromatic N) is 1. The van der Waals surface area contributed by atoms with E-state index >= 15 is 0 Å². The first-order valence-electron chi connectivity index (χ1n) is 7.65. The van der Waals surface area contributed by atoms with Gasteiger partial charge in [0.2, 0.25) is 0 Å². The molecule has 1 atom stereocenters. The Balaban J connectivity index is 1.72. The van der Waals surface area contributed by atoms with Gasteiger partial charge in [0.05, 0.1) is 10.2 Å². The molecule has 0 saturated carbocycles. The van der Waals surface area contributed by atoms with Crippen LogP contribution < -0.4 is 10.1 Å². The quantitative estimate of drug-likeness (QED) is 0.692. The fourth-order valence-corrected chi connectivity index (χ4v) is 3.39. The molecule has 0 bridgehead atoms. The van der Waals surface area contributed by atoms with Gasteiger partial charge >= 0.3 is 0 Å². The highest BCUT2D eigenvalue weighted by Gasteiger charge is 2.20. The Bertz CT molecular complexity index is 861. The first-order valence-corrected chi connectivity index (χ1v) is 8.85. The van der Waals surface area contributed by atoms with E-state index < -0.39 is 6.10 Å². The van der Waals surface area contributed by atoms with Crippen molar-refractivity contribution in [1.29, 1.82) is 0 Å². The third-order valence-electron chi connectivity index (χ3n) is 3.54. The van der Waals surface area contributed by atoms with Crippen LogP contribution in [0.25, 0.3) is 10.2 Å². The van der Waals surface area contributed by atoms with Crippen molar-refractivity contribution in [1.82, 2.24) is 4.98 Å². The van der Waals surface area contributed by atoms with Crippen molar-refractivity contribution in [2.75, 3.05) is 5.32 Å². The third-order valence-corrected chi connectivity index (χ3v) is 4.71. The topological polar surface area (TPSA) is 51.2 Å². The number of carbonyl (C=O) groups excluding carboxylic acids is 1. The maximum atomic E-state index is 12.5. The standard InChI is InChI=1S/C18H17ClN2O2S/c1-3-15(23-13-7-4-11(2)5-8-13)17(22)21-18-20-14-9-6-12(19)10-16(14)24-18/h4-10,15H,3H2,1-2H3,(H,20,21,22). The number of nitrogens with one attached hydrogen (secondary N) is 1. The summed E-state index contributed by atoms with van der Waals surface area (Å²) in [5.41, 5.74) is 1.96. The molecule has 24 heavy (non-hydrogen) atoms. The number of amides is 1. The molecule has 1 unspecified atom stereocenters. The van der Waals surface area contributed by atoms with Gasteiger partial charge in [0, 0.05) is 5.02 Å². The maximum absolute atomic E-state index is 12.5. The molecule has 1 amide bonds. The molecule has 3 rings (SSSR count). The summed E-state index contributed by atoms with van der Waals surface area (Å²) in [6, 6.07) is 13.1. The number of fused-ring (bicyclic) bond motifs is 1. The summed E-state index contributed by atoms with van der Waals surface area (Å²) in [4.78, 5) is 16.9. The van der Waals surface area contributed by atoms with Crippen LogP contribution in [0.2, 0.25) is 5.02 Å². The second-order valence-electron chi connectivity index (χ2n) is 5.45. The van der Waals surface area contributed by atoms with Crippen LogP contribution in [-0.4, -0.2) is 17.0 Å². The van der Waals surface area contributed by atoms with Crippen molar-refractivity contribution in [2.45, 2.75) is 26.4 Å². The molecule has 3 aromatic rings. The molecule has 0 aliphatic rings. The maximum Gasteiger partial charge on any atom is 0.267 e. The molecule has 0 spiro atoms. The van der Waals surface area contributed by atoms with Crippen LogP contribution in [0.15, 0.2) is 42.5 Å². The third kappa shape index (κ3) is 3.86. The summed E-state index contributed by atoms with van der Waals surface area (Å²) in [5.74, 6) is 0.474. The van der Waals surface area contributed by atoms with E-state index in [1.54, 1.807) is 6.07 Å². The summed E-state index contributed by atoms with van der Waals surface area (Å²) in [5, 5.41) is 4.03. The van der Waals surface area contributed by atoms with Gasteiger partial charge in [-0.25, -0.2) is 4.98 Å². The molecule has 6 heteroatoms. The molecular formula is C18H17ClN2O2S. The SMILES string of the molecule is CCC(Oc1ccc(C)cc1)C(=O)Nc1nc2ccc(Cl)cc2s1. The van der Waals surface area contributed by atoms with Crippen LogP contribution in [-0.2, 0) is 4.79 Å². The monoisotopic (exact) mass is 360 g/mol. The van der Waals surface area contributed by atoms with E-state index in [1.807, 2.05) is 50.2 Å². The van der Waals surface area contributed by atoms with E-state index in [9.17, 15) is 4.79 Å². The van der Waals surface area contributed by atoms with Crippen LogP contribution in [0, 0.1) is 6.92 Å². The predicted octanol–water partition coefficient (Wildman–Crippen LogP) is 5.05. The van der Waals surface area contributed by atoms with E-state index in [-0.39, 0.29) is 5.91 Å². The Morgan fingerprint density at radius 3 is 2.75 bits per heavy atom. The number of hydrogen-bond acceptors (Lipinski definition) is 4. The Morgan fingerprint density at radius 1 is 1.29 bits per heavy atom. The van der Waals surface area contributed by atoms with Crippen LogP contribution in [0.3, 0.4) is 0 Å². The summed E-state index contributed by atoms with van der Waals surface area (Å²) in [6.45, 7) is 3.92. The zero-order chi connectivity index (χ0) is 17.1. The number of carbonyl (C=O) groups is 1. The molecule has 0 aliphatic heterocycles. The largest absolute Gasteiger partial charge is 0.481 e. The number of hydrogen-bond donors (Lipinski definition) is 1. The second-order valence-corrected chi connectivity index (χ2v) is 6.92. The van der Waals surface area contributed by atoms with Gasteiger partial charge in [-0.2, -0.15) is 0 Å². The molecule has 0 radical (unpaired) electrons. The van der Waals surface area contributed by atoms with Gasteiger partial charge in [-0.05, 0) is 43.7 Å². The van der Waals surface area contributed by atoms with Gasteiger partial charge in [0.25, 0.3) is 5.91 Å². The lowest BCUT2D eigenvalue weighted by Crippen LogP contribution is -2.32. The number of rotatable bonds is 5. The molecule has 1 aromatic heterocycles. The normalized spacial score (nSPS) is 12.1. The van der Waals surface area contributed by atoms with E-state index in [1.165, 1.54) is 11.3 Å². The first-order chi connectivity index (χ1) is 11.5. The second kappa shape index (κ2) is 7.20. The van der Waals surface area contributed by atoms with Crippen LogP contribution in [0.4, 0.5) is 5.13 Å². The number of aryl methyl sites for hydroxylation is 1. The van der Waals surface area contributed by atoms with Crippen molar-refractivity contribution in [3.8, 4) is 5.75 Å². The van der Waals surface area contributed by atoms with Gasteiger partial charge in [-0.1, -0.05) is 47.6 Å². The molecule has 2 aromatic carbocycles. The van der Waals surface area contributed by atoms with Crippen LogP contribution in [0.1, 0.15) is 18.9 Å². The zero-order valence-corrected chi connectivity index (χ0v) is 14.9. The Morgan fingerprint density at radius 2 is 2.04 bits per heavy atom. The highest BCUT2D eigenvalue weighted by molar-refractivity contribution is 7.22. The number of thiazole rings is 1. The molecule has 124 valence electrons. The van der Waals surface area contributed by atoms with E-state index in [4.69, 9.17) is 16.3 Å². The molecule has 0 aliphatic carbocycles. The fourth-order valence-electron chi connectivity index (χ4n) is 2.24. The average Bonchev–Trinajstić information content (AvgIpc) is 2.95. The lowest BCUT2D eigenvalue weighted by molar-refractivity contribution is -0.122.